The van der Waals surface area contributed by atoms with Crippen LogP contribution < -0.4 is 9.47 Å². The van der Waals surface area contributed by atoms with Gasteiger partial charge in [0.15, 0.2) is 11.5 Å². The number of nitriles is 2. The van der Waals surface area contributed by atoms with Crippen LogP contribution >= 0.6 is 0 Å². The monoisotopic (exact) mass is 468 g/mol. The van der Waals surface area contributed by atoms with E-state index < -0.39 is 10.0 Å². The first-order valence-corrected chi connectivity index (χ1v) is 11.8. The second kappa shape index (κ2) is 10.8. The second-order valence-electron chi connectivity index (χ2n) is 7.32. The molecule has 0 aromatic heterocycles. The minimum absolute atomic E-state index is 0.0114. The second-order valence-corrected chi connectivity index (χ2v) is 9.23. The molecule has 0 bridgehead atoms. The van der Waals surface area contributed by atoms with Crippen molar-refractivity contribution in [3.8, 4) is 23.6 Å². The van der Waals surface area contributed by atoms with Crippen LogP contribution in [-0.2, 0) is 14.8 Å². The van der Waals surface area contributed by atoms with Gasteiger partial charge in [-0.15, -0.1) is 0 Å². The Bertz CT molecular complexity index is 1190. The number of ether oxygens (including phenoxy) is 2. The Labute approximate surface area is 193 Å². The van der Waals surface area contributed by atoms with Gasteiger partial charge >= 0.3 is 0 Å². The van der Waals surface area contributed by atoms with Crippen molar-refractivity contribution in [3.63, 3.8) is 0 Å². The molecule has 1 amide bonds. The molecule has 2 aromatic rings. The topological polar surface area (TPSA) is 124 Å². The van der Waals surface area contributed by atoms with Gasteiger partial charge in [0.2, 0.25) is 15.9 Å². The molecule has 1 aliphatic heterocycles. The first-order valence-electron chi connectivity index (χ1n) is 10.4. The fourth-order valence-corrected chi connectivity index (χ4v) is 5.09. The molecule has 0 atom stereocenters. The molecule has 0 saturated carbocycles. The van der Waals surface area contributed by atoms with E-state index >= 15 is 0 Å². The number of nitrogens with zero attached hydrogens (tertiary/aromatic N) is 4. The summed E-state index contributed by atoms with van der Waals surface area (Å²) in [5, 5.41) is 18.2. The molecule has 1 aliphatic rings. The van der Waals surface area contributed by atoms with Crippen LogP contribution in [0.25, 0.3) is 0 Å². The molecule has 1 fully saturated rings. The van der Waals surface area contributed by atoms with Crippen molar-refractivity contribution in [3.05, 3.63) is 53.6 Å². The van der Waals surface area contributed by atoms with Gasteiger partial charge < -0.3 is 14.4 Å². The first-order chi connectivity index (χ1) is 15.9. The predicted molar refractivity (Wildman–Crippen MR) is 119 cm³/mol. The van der Waals surface area contributed by atoms with Crippen molar-refractivity contribution in [2.75, 3.05) is 39.9 Å². The molecule has 3 rings (SSSR count). The Hall–Kier alpha value is -3.60. The fourth-order valence-electron chi connectivity index (χ4n) is 3.52. The standard InChI is InChI=1S/C23H24N4O5S/c1-31-21-15-18(16-24)8-9-20(21)32-14-4-7-23(28)26-10-12-27(13-11-26)33(29,30)22-6-3-2-5-19(22)17-25/h2-3,5-6,8-9,15H,4,7,10-14H2,1H3. The van der Waals surface area contributed by atoms with E-state index in [0.717, 1.165) is 0 Å². The molecule has 0 radical (unpaired) electrons. The van der Waals surface area contributed by atoms with Crippen LogP contribution in [0.15, 0.2) is 47.4 Å². The molecule has 0 unspecified atom stereocenters. The number of carbonyl (C=O) groups excluding carboxylic acids is 1. The van der Waals surface area contributed by atoms with Gasteiger partial charge in [0, 0.05) is 38.7 Å². The van der Waals surface area contributed by atoms with Crippen LogP contribution in [0.3, 0.4) is 0 Å². The third-order valence-corrected chi connectivity index (χ3v) is 7.26. The summed E-state index contributed by atoms with van der Waals surface area (Å²) in [5.74, 6) is 0.885. The number of rotatable bonds is 8. The highest BCUT2D eigenvalue weighted by Gasteiger charge is 2.31. The number of piperazine rings is 1. The summed E-state index contributed by atoms with van der Waals surface area (Å²) < 4.78 is 38.0. The summed E-state index contributed by atoms with van der Waals surface area (Å²) in [6, 6.07) is 14.9. The van der Waals surface area contributed by atoms with Crippen molar-refractivity contribution in [1.29, 1.82) is 10.5 Å². The van der Waals surface area contributed by atoms with E-state index in [9.17, 15) is 18.5 Å². The van der Waals surface area contributed by atoms with Gasteiger partial charge in [0.05, 0.1) is 35.8 Å². The van der Waals surface area contributed by atoms with Crippen LogP contribution in [-0.4, -0.2) is 63.4 Å². The Kier molecular flexibility index (Phi) is 7.88. The molecule has 1 heterocycles. The van der Waals surface area contributed by atoms with Crippen molar-refractivity contribution < 1.29 is 22.7 Å². The highest BCUT2D eigenvalue weighted by Crippen LogP contribution is 2.28. The average Bonchev–Trinajstić information content (AvgIpc) is 2.86. The van der Waals surface area contributed by atoms with Crippen molar-refractivity contribution >= 4 is 15.9 Å². The SMILES string of the molecule is COc1cc(C#N)ccc1OCCCC(=O)N1CCN(S(=O)(=O)c2ccccc2C#N)CC1. The number of amides is 1. The lowest BCUT2D eigenvalue weighted by molar-refractivity contribution is -0.132. The fraction of sp³-hybridized carbons (Fsp3) is 0.348. The zero-order chi connectivity index (χ0) is 23.8. The van der Waals surface area contributed by atoms with E-state index in [0.29, 0.717) is 30.1 Å². The lowest BCUT2D eigenvalue weighted by Crippen LogP contribution is -2.50. The Morgan fingerprint density at radius 3 is 2.42 bits per heavy atom. The number of hydrogen-bond acceptors (Lipinski definition) is 7. The van der Waals surface area contributed by atoms with Gasteiger partial charge in [-0.25, -0.2) is 8.42 Å². The lowest BCUT2D eigenvalue weighted by Gasteiger charge is -2.34. The number of methoxy groups -OCH3 is 1. The maximum Gasteiger partial charge on any atom is 0.244 e. The maximum atomic E-state index is 12.9. The molecule has 0 aliphatic carbocycles. The van der Waals surface area contributed by atoms with Crippen LogP contribution in [0, 0.1) is 22.7 Å². The third-order valence-electron chi connectivity index (χ3n) is 5.30. The van der Waals surface area contributed by atoms with Crippen LogP contribution in [0.4, 0.5) is 0 Å². The minimum atomic E-state index is -3.80. The van der Waals surface area contributed by atoms with Crippen molar-refractivity contribution in [1.82, 2.24) is 9.21 Å². The molecule has 9 nitrogen and oxygen atoms in total. The van der Waals surface area contributed by atoms with Crippen molar-refractivity contribution in [2.45, 2.75) is 17.7 Å². The molecular weight excluding hydrogens is 444 g/mol. The molecule has 2 aromatic carbocycles. The average molecular weight is 469 g/mol. The number of hydrogen-bond donors (Lipinski definition) is 0. The summed E-state index contributed by atoms with van der Waals surface area (Å²) in [6.45, 7) is 1.22. The van der Waals surface area contributed by atoms with E-state index in [2.05, 4.69) is 0 Å². The van der Waals surface area contributed by atoms with Gasteiger partial charge in [0.25, 0.3) is 0 Å². The molecule has 172 valence electrons. The summed E-state index contributed by atoms with van der Waals surface area (Å²) in [6.07, 6.45) is 0.749. The Morgan fingerprint density at radius 1 is 1.03 bits per heavy atom. The van der Waals surface area contributed by atoms with E-state index in [1.165, 1.54) is 23.5 Å². The van der Waals surface area contributed by atoms with E-state index in [1.807, 2.05) is 12.1 Å². The molecule has 0 N–H and O–H groups in total. The first kappa shape index (κ1) is 24.1. The highest BCUT2D eigenvalue weighted by atomic mass is 32.2. The number of sulfonamides is 1. The Balaban J connectivity index is 1.48. The normalized spacial score (nSPS) is 14.2. The molecule has 0 spiro atoms. The summed E-state index contributed by atoms with van der Waals surface area (Å²) in [7, 11) is -2.30. The molecular formula is C23H24N4O5S. The zero-order valence-electron chi connectivity index (χ0n) is 18.2. The van der Waals surface area contributed by atoms with Crippen LogP contribution in [0.1, 0.15) is 24.0 Å². The minimum Gasteiger partial charge on any atom is -0.493 e. The van der Waals surface area contributed by atoms with Gasteiger partial charge in [-0.2, -0.15) is 14.8 Å². The number of carbonyl (C=O) groups is 1. The zero-order valence-corrected chi connectivity index (χ0v) is 19.0. The third kappa shape index (κ3) is 5.61. The lowest BCUT2D eigenvalue weighted by atomic mass is 10.2. The maximum absolute atomic E-state index is 12.9. The van der Waals surface area contributed by atoms with Gasteiger partial charge in [0.1, 0.15) is 6.07 Å². The Morgan fingerprint density at radius 2 is 1.76 bits per heavy atom. The smallest absolute Gasteiger partial charge is 0.244 e. The van der Waals surface area contributed by atoms with E-state index in [-0.39, 0.29) is 49.0 Å². The van der Waals surface area contributed by atoms with Crippen molar-refractivity contribution in [2.24, 2.45) is 0 Å². The van der Waals surface area contributed by atoms with E-state index in [1.54, 1.807) is 35.2 Å². The van der Waals surface area contributed by atoms with Gasteiger partial charge in [-0.3, -0.25) is 4.79 Å². The van der Waals surface area contributed by atoms with Gasteiger partial charge in [-0.05, 0) is 30.7 Å². The highest BCUT2D eigenvalue weighted by molar-refractivity contribution is 7.89. The molecule has 10 heteroatoms. The largest absolute Gasteiger partial charge is 0.493 e. The van der Waals surface area contributed by atoms with E-state index in [4.69, 9.17) is 14.7 Å². The summed E-state index contributed by atoms with van der Waals surface area (Å²) in [5.41, 5.74) is 0.571. The summed E-state index contributed by atoms with van der Waals surface area (Å²) in [4.78, 5) is 14.2. The quantitative estimate of drug-likeness (QED) is 0.544. The predicted octanol–water partition coefficient (Wildman–Crippen LogP) is 2.13. The number of benzene rings is 2. The summed E-state index contributed by atoms with van der Waals surface area (Å²) >= 11 is 0. The van der Waals surface area contributed by atoms with Crippen LogP contribution in [0.2, 0.25) is 0 Å². The van der Waals surface area contributed by atoms with Crippen LogP contribution in [0.5, 0.6) is 11.5 Å². The molecule has 33 heavy (non-hydrogen) atoms. The molecule has 1 saturated heterocycles. The van der Waals surface area contributed by atoms with Gasteiger partial charge in [-0.1, -0.05) is 12.1 Å².